The first-order valence-corrected chi connectivity index (χ1v) is 6.45. The minimum atomic E-state index is -0.815. The fourth-order valence-corrected chi connectivity index (χ4v) is 2.75. The molecule has 0 aromatic rings. The summed E-state index contributed by atoms with van der Waals surface area (Å²) in [5.74, 6) is -0.0435. The lowest BCUT2D eigenvalue weighted by Crippen LogP contribution is -2.64. The third-order valence-corrected chi connectivity index (χ3v) is 4.20. The first kappa shape index (κ1) is 12.8. The highest BCUT2D eigenvalue weighted by molar-refractivity contribution is 5.85. The summed E-state index contributed by atoms with van der Waals surface area (Å²) in [7, 11) is 2.12. The van der Waals surface area contributed by atoms with Crippen molar-refractivity contribution in [1.29, 1.82) is 0 Å². The Morgan fingerprint density at radius 3 is 2.53 bits per heavy atom. The molecule has 1 heterocycles. The highest BCUT2D eigenvalue weighted by Crippen LogP contribution is 2.39. The molecule has 5 nitrogen and oxygen atoms in total. The van der Waals surface area contributed by atoms with Crippen LogP contribution in [0.1, 0.15) is 19.8 Å². The van der Waals surface area contributed by atoms with Crippen molar-refractivity contribution in [2.24, 2.45) is 17.4 Å². The van der Waals surface area contributed by atoms with Crippen molar-refractivity contribution < 1.29 is 4.79 Å². The van der Waals surface area contributed by atoms with E-state index in [1.807, 2.05) is 0 Å². The maximum Gasteiger partial charge on any atom is 0.239 e. The third kappa shape index (κ3) is 2.61. The van der Waals surface area contributed by atoms with Crippen molar-refractivity contribution >= 4 is 5.91 Å². The van der Waals surface area contributed by atoms with Gasteiger partial charge in [0.1, 0.15) is 5.54 Å². The van der Waals surface area contributed by atoms with Gasteiger partial charge in [-0.15, -0.1) is 0 Å². The molecule has 2 atom stereocenters. The van der Waals surface area contributed by atoms with Crippen LogP contribution in [-0.2, 0) is 4.79 Å². The summed E-state index contributed by atoms with van der Waals surface area (Å²) in [5.41, 5.74) is 10.9. The fraction of sp³-hybridized carbons (Fsp3) is 0.917. The van der Waals surface area contributed by atoms with Crippen molar-refractivity contribution in [3.8, 4) is 0 Å². The molecule has 2 rings (SSSR count). The summed E-state index contributed by atoms with van der Waals surface area (Å²) in [4.78, 5) is 16.2. The van der Waals surface area contributed by atoms with E-state index in [-0.39, 0.29) is 5.91 Å². The van der Waals surface area contributed by atoms with Gasteiger partial charge in [0.15, 0.2) is 0 Å². The number of nitrogens with zero attached hydrogens (tertiary/aromatic N) is 2. The molecule has 2 unspecified atom stereocenters. The van der Waals surface area contributed by atoms with Crippen LogP contribution in [0.3, 0.4) is 0 Å². The quantitative estimate of drug-likeness (QED) is 0.675. The van der Waals surface area contributed by atoms with Gasteiger partial charge in [-0.3, -0.25) is 9.69 Å². The molecule has 0 aromatic carbocycles. The lowest BCUT2D eigenvalue weighted by molar-refractivity contribution is -0.125. The van der Waals surface area contributed by atoms with E-state index in [2.05, 4.69) is 23.8 Å². The second-order valence-electron chi connectivity index (χ2n) is 5.76. The minimum Gasteiger partial charge on any atom is -0.368 e. The van der Waals surface area contributed by atoms with Crippen LogP contribution < -0.4 is 11.5 Å². The third-order valence-electron chi connectivity index (χ3n) is 4.20. The Morgan fingerprint density at radius 1 is 1.41 bits per heavy atom. The normalized spacial score (nSPS) is 31.1. The Hall–Kier alpha value is -0.650. The molecule has 0 bridgehead atoms. The monoisotopic (exact) mass is 240 g/mol. The fourth-order valence-electron chi connectivity index (χ4n) is 2.75. The van der Waals surface area contributed by atoms with E-state index in [0.29, 0.717) is 18.5 Å². The summed E-state index contributed by atoms with van der Waals surface area (Å²) in [5, 5.41) is 0. The van der Waals surface area contributed by atoms with Gasteiger partial charge in [0.05, 0.1) is 0 Å². The number of hydrogen-bond acceptors (Lipinski definition) is 4. The Balaban J connectivity index is 2.01. The van der Waals surface area contributed by atoms with E-state index in [0.717, 1.165) is 32.5 Å². The van der Waals surface area contributed by atoms with E-state index >= 15 is 0 Å². The zero-order valence-electron chi connectivity index (χ0n) is 10.9. The molecule has 2 aliphatic rings. The molecule has 0 aromatic heterocycles. The van der Waals surface area contributed by atoms with Crippen LogP contribution in [0.25, 0.3) is 0 Å². The first-order valence-electron chi connectivity index (χ1n) is 6.45. The van der Waals surface area contributed by atoms with Crippen LogP contribution in [0, 0.1) is 5.92 Å². The maximum atomic E-state index is 11.6. The van der Waals surface area contributed by atoms with Gasteiger partial charge in [0, 0.05) is 32.2 Å². The van der Waals surface area contributed by atoms with Gasteiger partial charge in [-0.05, 0) is 32.7 Å². The van der Waals surface area contributed by atoms with Gasteiger partial charge in [0.2, 0.25) is 5.91 Å². The van der Waals surface area contributed by atoms with Gasteiger partial charge in [-0.25, -0.2) is 0 Å². The molecule has 1 saturated heterocycles. The number of nitrogens with two attached hydrogens (primary N) is 2. The van der Waals surface area contributed by atoms with Gasteiger partial charge < -0.3 is 16.4 Å². The molecule has 1 amide bonds. The molecular weight excluding hydrogens is 216 g/mol. The molecule has 2 fully saturated rings. The Morgan fingerprint density at radius 2 is 2.06 bits per heavy atom. The second kappa shape index (κ2) is 4.55. The summed E-state index contributed by atoms with van der Waals surface area (Å²) >= 11 is 0. The van der Waals surface area contributed by atoms with Gasteiger partial charge >= 0.3 is 0 Å². The molecule has 4 N–H and O–H groups in total. The average molecular weight is 240 g/mol. The SMILES string of the molecule is CC1CN(C)CCN1CC(N)(C(N)=O)C1CC1. The van der Waals surface area contributed by atoms with Crippen molar-refractivity contribution in [2.75, 3.05) is 33.2 Å². The summed E-state index contributed by atoms with van der Waals surface area (Å²) in [6.45, 7) is 5.83. The van der Waals surface area contributed by atoms with Crippen molar-refractivity contribution in [1.82, 2.24) is 9.80 Å². The lowest BCUT2D eigenvalue weighted by Gasteiger charge is -2.42. The minimum absolute atomic E-state index is 0.298. The lowest BCUT2D eigenvalue weighted by atomic mass is 9.92. The number of rotatable bonds is 4. The highest BCUT2D eigenvalue weighted by atomic mass is 16.1. The smallest absolute Gasteiger partial charge is 0.239 e. The zero-order chi connectivity index (χ0) is 12.6. The molecule has 0 radical (unpaired) electrons. The molecule has 1 aliphatic carbocycles. The number of carbonyl (C=O) groups is 1. The second-order valence-corrected chi connectivity index (χ2v) is 5.76. The van der Waals surface area contributed by atoms with Gasteiger partial charge in [-0.1, -0.05) is 0 Å². The standard InChI is InChI=1S/C12H24N4O/c1-9-7-15(2)5-6-16(9)8-12(14,11(13)17)10-3-4-10/h9-10H,3-8,14H2,1-2H3,(H2,13,17). The summed E-state index contributed by atoms with van der Waals surface area (Å²) in [6, 6.07) is 0.440. The molecule has 1 aliphatic heterocycles. The number of piperazine rings is 1. The van der Waals surface area contributed by atoms with Crippen LogP contribution in [0.5, 0.6) is 0 Å². The van der Waals surface area contributed by atoms with E-state index < -0.39 is 5.54 Å². The van der Waals surface area contributed by atoms with E-state index in [1.54, 1.807) is 0 Å². The predicted octanol–water partition coefficient (Wildman–Crippen LogP) is -0.785. The topological polar surface area (TPSA) is 75.6 Å². The Bertz CT molecular complexity index is 305. The molecule has 17 heavy (non-hydrogen) atoms. The predicted molar refractivity (Wildman–Crippen MR) is 67.4 cm³/mol. The number of likely N-dealkylation sites (N-methyl/N-ethyl adjacent to an activating group) is 1. The Kier molecular flexibility index (Phi) is 3.43. The van der Waals surface area contributed by atoms with Crippen molar-refractivity contribution in [3.63, 3.8) is 0 Å². The van der Waals surface area contributed by atoms with Crippen LogP contribution in [0.4, 0.5) is 0 Å². The van der Waals surface area contributed by atoms with E-state index in [9.17, 15) is 4.79 Å². The molecule has 0 spiro atoms. The Labute approximate surface area is 103 Å². The number of hydrogen-bond donors (Lipinski definition) is 2. The van der Waals surface area contributed by atoms with Crippen LogP contribution in [0.15, 0.2) is 0 Å². The number of carbonyl (C=O) groups excluding carboxylic acids is 1. The van der Waals surface area contributed by atoms with Crippen molar-refractivity contribution in [2.45, 2.75) is 31.3 Å². The molecule has 98 valence electrons. The van der Waals surface area contributed by atoms with Crippen LogP contribution in [0.2, 0.25) is 0 Å². The summed E-state index contributed by atoms with van der Waals surface area (Å²) in [6.07, 6.45) is 2.09. The molecule has 5 heteroatoms. The van der Waals surface area contributed by atoms with Crippen molar-refractivity contribution in [3.05, 3.63) is 0 Å². The maximum absolute atomic E-state index is 11.6. The molecule has 1 saturated carbocycles. The van der Waals surface area contributed by atoms with Gasteiger partial charge in [-0.2, -0.15) is 0 Å². The van der Waals surface area contributed by atoms with E-state index in [4.69, 9.17) is 11.5 Å². The highest BCUT2D eigenvalue weighted by Gasteiger charge is 2.48. The molecular formula is C12H24N4O. The number of amides is 1. The average Bonchev–Trinajstić information content (AvgIpc) is 3.05. The summed E-state index contributed by atoms with van der Waals surface area (Å²) < 4.78 is 0. The first-order chi connectivity index (χ1) is 7.93. The number of primary amides is 1. The largest absolute Gasteiger partial charge is 0.368 e. The van der Waals surface area contributed by atoms with E-state index in [1.165, 1.54) is 0 Å². The van der Waals surface area contributed by atoms with Crippen LogP contribution in [-0.4, -0.2) is 60.5 Å². The van der Waals surface area contributed by atoms with Gasteiger partial charge in [0.25, 0.3) is 0 Å². The zero-order valence-corrected chi connectivity index (χ0v) is 10.9. The van der Waals surface area contributed by atoms with Crippen LogP contribution >= 0.6 is 0 Å².